The second-order valence-electron chi connectivity index (χ2n) is 3.85. The molecule has 0 aromatic carbocycles. The highest BCUT2D eigenvalue weighted by Crippen LogP contribution is 2.07. The number of carbonyl (C=O) groups excluding carboxylic acids is 1. The van der Waals surface area contributed by atoms with Gasteiger partial charge in [0.2, 0.25) is 5.91 Å². The Morgan fingerprint density at radius 2 is 2.40 bits per heavy atom. The molecule has 0 aromatic heterocycles. The van der Waals surface area contributed by atoms with E-state index >= 15 is 0 Å². The molecule has 1 unspecified atom stereocenters. The van der Waals surface area contributed by atoms with E-state index in [1.807, 2.05) is 7.05 Å². The van der Waals surface area contributed by atoms with Crippen molar-refractivity contribution in [1.82, 2.24) is 15.5 Å². The molecule has 15 heavy (non-hydrogen) atoms. The number of likely N-dealkylation sites (N-methyl/N-ethyl adjacent to an activating group) is 1. The topological polar surface area (TPSA) is 53.6 Å². The molecule has 5 heteroatoms. The van der Waals surface area contributed by atoms with E-state index in [-0.39, 0.29) is 5.91 Å². The van der Waals surface area contributed by atoms with E-state index in [0.717, 1.165) is 19.5 Å². The van der Waals surface area contributed by atoms with Crippen molar-refractivity contribution in [3.05, 3.63) is 0 Å². The number of amides is 1. The summed E-state index contributed by atoms with van der Waals surface area (Å²) in [6.45, 7) is 3.64. The second-order valence-corrected chi connectivity index (χ2v) is 3.85. The zero-order chi connectivity index (χ0) is 11.1. The molecule has 1 fully saturated rings. The van der Waals surface area contributed by atoms with Gasteiger partial charge in [-0.3, -0.25) is 9.69 Å². The maximum atomic E-state index is 11.4. The van der Waals surface area contributed by atoms with Crippen molar-refractivity contribution in [2.75, 3.05) is 46.9 Å². The van der Waals surface area contributed by atoms with Crippen LogP contribution >= 0.6 is 0 Å². The van der Waals surface area contributed by atoms with Gasteiger partial charge in [-0.1, -0.05) is 0 Å². The van der Waals surface area contributed by atoms with Crippen LogP contribution in [0.4, 0.5) is 0 Å². The highest BCUT2D eigenvalue weighted by Gasteiger charge is 2.22. The van der Waals surface area contributed by atoms with Crippen molar-refractivity contribution in [1.29, 1.82) is 0 Å². The van der Waals surface area contributed by atoms with Crippen LogP contribution in [0.3, 0.4) is 0 Å². The molecule has 1 atom stereocenters. The number of rotatable bonds is 6. The van der Waals surface area contributed by atoms with E-state index in [9.17, 15) is 4.79 Å². The summed E-state index contributed by atoms with van der Waals surface area (Å²) in [5, 5.41) is 6.04. The van der Waals surface area contributed by atoms with E-state index in [1.54, 1.807) is 7.11 Å². The molecular formula is C10H21N3O2. The van der Waals surface area contributed by atoms with Gasteiger partial charge in [0.25, 0.3) is 0 Å². The zero-order valence-corrected chi connectivity index (χ0v) is 9.58. The summed E-state index contributed by atoms with van der Waals surface area (Å²) >= 11 is 0. The molecule has 1 aliphatic rings. The highest BCUT2D eigenvalue weighted by atomic mass is 16.5. The van der Waals surface area contributed by atoms with Crippen molar-refractivity contribution in [2.45, 2.75) is 12.5 Å². The van der Waals surface area contributed by atoms with E-state index < -0.39 is 0 Å². The Morgan fingerprint density at radius 3 is 3.00 bits per heavy atom. The summed E-state index contributed by atoms with van der Waals surface area (Å²) in [4.78, 5) is 13.6. The largest absolute Gasteiger partial charge is 0.383 e. The Hall–Kier alpha value is -0.650. The molecule has 1 heterocycles. The van der Waals surface area contributed by atoms with Crippen LogP contribution in [0.25, 0.3) is 0 Å². The molecule has 1 rings (SSSR count). The standard InChI is InChI=1S/C10H21N3O2/c1-11-9-3-5-13(7-9)8-10(14)12-4-6-15-2/h9,11H,3-8H2,1-2H3,(H,12,14). The second kappa shape index (κ2) is 6.76. The van der Waals surface area contributed by atoms with Gasteiger partial charge in [-0.2, -0.15) is 0 Å². The fraction of sp³-hybridized carbons (Fsp3) is 0.900. The molecule has 0 saturated carbocycles. The normalized spacial score (nSPS) is 21.9. The lowest BCUT2D eigenvalue weighted by molar-refractivity contribution is -0.122. The molecule has 5 nitrogen and oxygen atoms in total. The molecule has 1 aliphatic heterocycles. The third-order valence-electron chi connectivity index (χ3n) is 2.68. The van der Waals surface area contributed by atoms with Gasteiger partial charge in [-0.15, -0.1) is 0 Å². The summed E-state index contributed by atoms with van der Waals surface area (Å²) in [6.07, 6.45) is 1.13. The van der Waals surface area contributed by atoms with Crippen molar-refractivity contribution in [3.63, 3.8) is 0 Å². The average molecular weight is 215 g/mol. The van der Waals surface area contributed by atoms with E-state index in [4.69, 9.17) is 4.74 Å². The number of ether oxygens (including phenoxy) is 1. The Bertz CT molecular complexity index is 199. The van der Waals surface area contributed by atoms with Gasteiger partial charge in [0.15, 0.2) is 0 Å². The van der Waals surface area contributed by atoms with E-state index in [0.29, 0.717) is 25.7 Å². The molecule has 0 aromatic rings. The predicted molar refractivity (Wildman–Crippen MR) is 58.8 cm³/mol. The average Bonchev–Trinajstić information content (AvgIpc) is 2.66. The lowest BCUT2D eigenvalue weighted by Gasteiger charge is -2.15. The summed E-state index contributed by atoms with van der Waals surface area (Å²) < 4.78 is 4.86. The first-order chi connectivity index (χ1) is 7.26. The van der Waals surface area contributed by atoms with Crippen LogP contribution in [0.5, 0.6) is 0 Å². The summed E-state index contributed by atoms with van der Waals surface area (Å²) in [5.74, 6) is 0.0869. The molecule has 0 aliphatic carbocycles. The first kappa shape index (κ1) is 12.4. The number of nitrogens with one attached hydrogen (secondary N) is 2. The molecular weight excluding hydrogens is 194 g/mol. The van der Waals surface area contributed by atoms with Gasteiger partial charge in [0, 0.05) is 32.8 Å². The number of hydrogen-bond donors (Lipinski definition) is 2. The lowest BCUT2D eigenvalue weighted by atomic mass is 10.3. The van der Waals surface area contributed by atoms with Crippen LogP contribution in [0.2, 0.25) is 0 Å². The first-order valence-electron chi connectivity index (χ1n) is 5.41. The van der Waals surface area contributed by atoms with E-state index in [1.165, 1.54) is 0 Å². The maximum absolute atomic E-state index is 11.4. The van der Waals surface area contributed by atoms with Crippen molar-refractivity contribution in [3.8, 4) is 0 Å². The van der Waals surface area contributed by atoms with Crippen LogP contribution < -0.4 is 10.6 Å². The van der Waals surface area contributed by atoms with Crippen molar-refractivity contribution < 1.29 is 9.53 Å². The number of hydrogen-bond acceptors (Lipinski definition) is 4. The summed E-state index contributed by atoms with van der Waals surface area (Å²) in [7, 11) is 3.59. The molecule has 88 valence electrons. The minimum absolute atomic E-state index is 0.0869. The number of carbonyl (C=O) groups is 1. The molecule has 1 amide bonds. The zero-order valence-electron chi connectivity index (χ0n) is 9.58. The third-order valence-corrected chi connectivity index (χ3v) is 2.68. The summed E-state index contributed by atoms with van der Waals surface area (Å²) in [5.41, 5.74) is 0. The quantitative estimate of drug-likeness (QED) is 0.561. The predicted octanol–water partition coefficient (Wildman–Crippen LogP) is -0.957. The molecule has 0 bridgehead atoms. The monoisotopic (exact) mass is 215 g/mol. The van der Waals surface area contributed by atoms with Gasteiger partial charge in [-0.05, 0) is 13.5 Å². The molecule has 2 N–H and O–H groups in total. The van der Waals surface area contributed by atoms with Gasteiger partial charge in [0.05, 0.1) is 13.2 Å². The first-order valence-corrected chi connectivity index (χ1v) is 5.41. The third kappa shape index (κ3) is 4.59. The van der Waals surface area contributed by atoms with Crippen LogP contribution in [-0.4, -0.2) is 63.8 Å². The number of likely N-dealkylation sites (tertiary alicyclic amines) is 1. The van der Waals surface area contributed by atoms with Crippen LogP contribution in [0.1, 0.15) is 6.42 Å². The maximum Gasteiger partial charge on any atom is 0.234 e. The smallest absolute Gasteiger partial charge is 0.234 e. The van der Waals surface area contributed by atoms with Gasteiger partial charge < -0.3 is 15.4 Å². The Kier molecular flexibility index (Phi) is 5.60. The number of methoxy groups -OCH3 is 1. The lowest BCUT2D eigenvalue weighted by Crippen LogP contribution is -2.38. The number of nitrogens with zero attached hydrogens (tertiary/aromatic N) is 1. The molecule has 0 radical (unpaired) electrons. The van der Waals surface area contributed by atoms with Gasteiger partial charge in [-0.25, -0.2) is 0 Å². The van der Waals surface area contributed by atoms with Crippen molar-refractivity contribution >= 4 is 5.91 Å². The summed E-state index contributed by atoms with van der Waals surface area (Å²) in [6, 6.07) is 0.539. The van der Waals surface area contributed by atoms with Gasteiger partial charge >= 0.3 is 0 Å². The minimum atomic E-state index is 0.0869. The van der Waals surface area contributed by atoms with Crippen LogP contribution in [0, 0.1) is 0 Å². The Labute approximate surface area is 91.2 Å². The SMILES string of the molecule is CNC1CCN(CC(=O)NCCOC)C1. The van der Waals surface area contributed by atoms with Crippen molar-refractivity contribution in [2.24, 2.45) is 0 Å². The fourth-order valence-electron chi connectivity index (χ4n) is 1.76. The minimum Gasteiger partial charge on any atom is -0.383 e. The Morgan fingerprint density at radius 1 is 1.60 bits per heavy atom. The Balaban J connectivity index is 2.10. The van der Waals surface area contributed by atoms with Crippen LogP contribution in [0.15, 0.2) is 0 Å². The molecule has 1 saturated heterocycles. The van der Waals surface area contributed by atoms with E-state index in [2.05, 4.69) is 15.5 Å². The highest BCUT2D eigenvalue weighted by molar-refractivity contribution is 5.78. The van der Waals surface area contributed by atoms with Gasteiger partial charge in [0.1, 0.15) is 0 Å². The van der Waals surface area contributed by atoms with Crippen LogP contribution in [-0.2, 0) is 9.53 Å². The fourth-order valence-corrected chi connectivity index (χ4v) is 1.76. The molecule has 0 spiro atoms.